The van der Waals surface area contributed by atoms with Gasteiger partial charge >= 0.3 is 0 Å². The highest BCUT2D eigenvalue weighted by Crippen LogP contribution is 2.26. The van der Waals surface area contributed by atoms with Crippen molar-refractivity contribution in [3.63, 3.8) is 0 Å². The van der Waals surface area contributed by atoms with Crippen molar-refractivity contribution in [2.75, 3.05) is 6.61 Å². The first-order valence-corrected chi connectivity index (χ1v) is 9.69. The second-order valence-corrected chi connectivity index (χ2v) is 6.99. The van der Waals surface area contributed by atoms with E-state index in [0.29, 0.717) is 34.4 Å². The van der Waals surface area contributed by atoms with Crippen molar-refractivity contribution in [2.24, 2.45) is 0 Å². The van der Waals surface area contributed by atoms with Gasteiger partial charge in [0.1, 0.15) is 24.0 Å². The summed E-state index contributed by atoms with van der Waals surface area (Å²) < 4.78 is 61.8. The summed E-state index contributed by atoms with van der Waals surface area (Å²) in [5.41, 5.74) is 1.03. The van der Waals surface area contributed by atoms with Crippen LogP contribution in [0.1, 0.15) is 11.1 Å². The van der Waals surface area contributed by atoms with Gasteiger partial charge in [0.2, 0.25) is 0 Å². The van der Waals surface area contributed by atoms with E-state index in [2.05, 4.69) is 18.4 Å². The minimum absolute atomic E-state index is 0.109. The highest BCUT2D eigenvalue weighted by atomic mass is 19.2. The molecule has 1 nitrogen and oxygen atoms in total. The third-order valence-electron chi connectivity index (χ3n) is 4.84. The Labute approximate surface area is 182 Å². The topological polar surface area (TPSA) is 9.23 Å². The zero-order chi connectivity index (χ0) is 22.7. The van der Waals surface area contributed by atoms with E-state index in [1.54, 1.807) is 30.3 Å². The molecule has 4 aromatic rings. The Kier molecular flexibility index (Phi) is 5.96. The molecule has 0 fully saturated rings. The van der Waals surface area contributed by atoms with Gasteiger partial charge in [0, 0.05) is 10.9 Å². The van der Waals surface area contributed by atoms with Crippen molar-refractivity contribution in [2.45, 2.75) is 0 Å². The molecule has 0 aliphatic heterocycles. The lowest BCUT2D eigenvalue weighted by Gasteiger charge is -2.07. The van der Waals surface area contributed by atoms with Gasteiger partial charge in [0.25, 0.3) is 0 Å². The largest absolute Gasteiger partial charge is 0.490 e. The lowest BCUT2D eigenvalue weighted by Crippen LogP contribution is -1.94. The molecule has 4 rings (SSSR count). The minimum atomic E-state index is -0.949. The molecule has 0 N–H and O–H groups in total. The summed E-state index contributed by atoms with van der Waals surface area (Å²) in [5.74, 6) is 2.32. The average molecular weight is 432 g/mol. The van der Waals surface area contributed by atoms with Crippen LogP contribution in [0.3, 0.4) is 0 Å². The van der Waals surface area contributed by atoms with Gasteiger partial charge in [-0.05, 0) is 59.0 Å². The molecular formula is C27H16F4O. The van der Waals surface area contributed by atoms with E-state index in [9.17, 15) is 17.6 Å². The fraction of sp³-hybridized carbons (Fsp3) is 0.0370. The molecule has 158 valence electrons. The molecule has 0 saturated heterocycles. The first kappa shape index (κ1) is 21.2. The van der Waals surface area contributed by atoms with Crippen LogP contribution in [-0.4, -0.2) is 6.61 Å². The third-order valence-corrected chi connectivity index (χ3v) is 4.84. The van der Waals surface area contributed by atoms with Crippen LogP contribution in [0.5, 0.6) is 5.75 Å². The second-order valence-electron chi connectivity index (χ2n) is 6.99. The molecule has 0 spiro atoms. The number of halogens is 4. The van der Waals surface area contributed by atoms with E-state index in [1.165, 1.54) is 36.4 Å². The van der Waals surface area contributed by atoms with E-state index in [-0.39, 0.29) is 10.9 Å². The van der Waals surface area contributed by atoms with Gasteiger partial charge in [-0.1, -0.05) is 48.8 Å². The SMILES string of the molecule is C=CCOc1ccc(-c2cc(F)c(C#Cc3ccc4c(F)c(F)ccc4c3)c(F)c2)cc1. The average Bonchev–Trinajstić information content (AvgIpc) is 2.80. The van der Waals surface area contributed by atoms with Crippen LogP contribution in [-0.2, 0) is 0 Å². The van der Waals surface area contributed by atoms with E-state index in [0.717, 1.165) is 6.07 Å². The van der Waals surface area contributed by atoms with Crippen molar-refractivity contribution >= 4 is 10.8 Å². The molecule has 0 bridgehead atoms. The van der Waals surface area contributed by atoms with E-state index in [1.807, 2.05) is 0 Å². The van der Waals surface area contributed by atoms with Gasteiger partial charge in [-0.25, -0.2) is 17.6 Å². The summed E-state index contributed by atoms with van der Waals surface area (Å²) in [6.07, 6.45) is 1.62. The number of hydrogen-bond donors (Lipinski definition) is 0. The Morgan fingerprint density at radius 2 is 1.47 bits per heavy atom. The van der Waals surface area contributed by atoms with E-state index >= 15 is 0 Å². The van der Waals surface area contributed by atoms with Crippen LogP contribution >= 0.6 is 0 Å². The Hall–Kier alpha value is -4.04. The summed E-state index contributed by atoms with van der Waals surface area (Å²) in [4.78, 5) is 0. The Balaban J connectivity index is 1.62. The molecule has 0 atom stereocenters. The molecule has 4 aromatic carbocycles. The van der Waals surface area contributed by atoms with Gasteiger partial charge < -0.3 is 4.74 Å². The fourth-order valence-corrected chi connectivity index (χ4v) is 3.24. The second kappa shape index (κ2) is 8.99. The summed E-state index contributed by atoms with van der Waals surface area (Å²) in [6.45, 7) is 3.93. The van der Waals surface area contributed by atoms with Crippen LogP contribution in [0.2, 0.25) is 0 Å². The molecule has 0 heterocycles. The lowest BCUT2D eigenvalue weighted by molar-refractivity contribution is 0.363. The van der Waals surface area contributed by atoms with Crippen LogP contribution in [0.4, 0.5) is 17.6 Å². The fourth-order valence-electron chi connectivity index (χ4n) is 3.24. The molecule has 0 unspecified atom stereocenters. The maximum Gasteiger partial charge on any atom is 0.166 e. The smallest absolute Gasteiger partial charge is 0.166 e. The Bertz CT molecular complexity index is 1360. The molecule has 32 heavy (non-hydrogen) atoms. The highest BCUT2D eigenvalue weighted by molar-refractivity contribution is 5.84. The third kappa shape index (κ3) is 4.35. The van der Waals surface area contributed by atoms with E-state index < -0.39 is 23.3 Å². The van der Waals surface area contributed by atoms with Gasteiger partial charge in [0.05, 0.1) is 5.56 Å². The molecular weight excluding hydrogens is 416 g/mol. The van der Waals surface area contributed by atoms with Crippen LogP contribution < -0.4 is 4.74 Å². The molecule has 5 heteroatoms. The zero-order valence-electron chi connectivity index (χ0n) is 16.8. The van der Waals surface area contributed by atoms with Gasteiger partial charge in [0.15, 0.2) is 11.6 Å². The summed E-state index contributed by atoms with van der Waals surface area (Å²) in [7, 11) is 0. The highest BCUT2D eigenvalue weighted by Gasteiger charge is 2.11. The van der Waals surface area contributed by atoms with Crippen molar-refractivity contribution in [1.29, 1.82) is 0 Å². The molecule has 0 radical (unpaired) electrons. The first-order valence-electron chi connectivity index (χ1n) is 9.69. The van der Waals surface area contributed by atoms with Crippen molar-refractivity contribution < 1.29 is 22.3 Å². The summed E-state index contributed by atoms with van der Waals surface area (Å²) >= 11 is 0. The number of fused-ring (bicyclic) bond motifs is 1. The number of benzene rings is 4. The van der Waals surface area contributed by atoms with Crippen LogP contribution in [0.15, 0.2) is 79.4 Å². The quantitative estimate of drug-likeness (QED) is 0.191. The maximum absolute atomic E-state index is 14.6. The minimum Gasteiger partial charge on any atom is -0.490 e. The normalized spacial score (nSPS) is 10.5. The van der Waals surface area contributed by atoms with Crippen LogP contribution in [0.25, 0.3) is 21.9 Å². The van der Waals surface area contributed by atoms with E-state index in [4.69, 9.17) is 4.74 Å². The predicted octanol–water partition coefficient (Wildman–Crippen LogP) is 7.03. The van der Waals surface area contributed by atoms with Crippen molar-refractivity contribution in [3.05, 3.63) is 114 Å². The molecule has 0 aliphatic rings. The molecule has 0 amide bonds. The zero-order valence-corrected chi connectivity index (χ0v) is 16.8. The predicted molar refractivity (Wildman–Crippen MR) is 117 cm³/mol. The number of hydrogen-bond acceptors (Lipinski definition) is 1. The lowest BCUT2D eigenvalue weighted by atomic mass is 10.0. The monoisotopic (exact) mass is 432 g/mol. The van der Waals surface area contributed by atoms with Crippen molar-refractivity contribution in [3.8, 4) is 28.7 Å². The molecule has 0 aromatic heterocycles. The van der Waals surface area contributed by atoms with Gasteiger partial charge in [-0.3, -0.25) is 0 Å². The maximum atomic E-state index is 14.6. The van der Waals surface area contributed by atoms with Crippen molar-refractivity contribution in [1.82, 2.24) is 0 Å². The standard InChI is InChI=1S/C27H16F4O/c1-2-13-32-21-8-5-18(6-9-21)20-15-25(29)23(26(30)16-20)11-4-17-3-10-22-19(14-17)7-12-24(28)27(22)31/h2-3,5-10,12,14-16H,1,13H2. The van der Waals surface area contributed by atoms with Crippen LogP contribution in [0, 0.1) is 35.1 Å². The Morgan fingerprint density at radius 1 is 0.750 bits per heavy atom. The Morgan fingerprint density at radius 3 is 2.16 bits per heavy atom. The summed E-state index contributed by atoms with van der Waals surface area (Å²) in [6, 6.07) is 16.1. The number of rotatable bonds is 4. The molecule has 0 saturated carbocycles. The first-order chi connectivity index (χ1) is 15.5. The van der Waals surface area contributed by atoms with Gasteiger partial charge in [-0.15, -0.1) is 0 Å². The van der Waals surface area contributed by atoms with Gasteiger partial charge in [-0.2, -0.15) is 0 Å². The molecule has 0 aliphatic carbocycles. The summed E-state index contributed by atoms with van der Waals surface area (Å²) in [5, 5.41) is 0.547. The number of ether oxygens (including phenoxy) is 1.